The van der Waals surface area contributed by atoms with Crippen molar-refractivity contribution in [2.24, 2.45) is 11.7 Å². The molecule has 0 spiro atoms. The predicted octanol–water partition coefficient (Wildman–Crippen LogP) is 5.77. The van der Waals surface area contributed by atoms with Gasteiger partial charge in [-0.1, -0.05) is 37.1 Å². The summed E-state index contributed by atoms with van der Waals surface area (Å²) in [6.07, 6.45) is 8.34. The molecule has 0 bridgehead atoms. The highest BCUT2D eigenvalue weighted by Crippen LogP contribution is 2.40. The van der Waals surface area contributed by atoms with Crippen LogP contribution in [0, 0.1) is 17.2 Å². The van der Waals surface area contributed by atoms with E-state index in [0.717, 1.165) is 55.5 Å². The SMILES string of the molecule is N#Cc1ccc(-n2nc(C(=O)C3CCCCC(N)CC3)cc2-c2ccc(C3CC3)cc2)cc1. The van der Waals surface area contributed by atoms with Gasteiger partial charge in [-0.15, -0.1) is 0 Å². The molecule has 2 fully saturated rings. The van der Waals surface area contributed by atoms with Gasteiger partial charge in [0.1, 0.15) is 5.69 Å². The second kappa shape index (κ2) is 9.33. The molecule has 1 heterocycles. The average molecular weight is 439 g/mol. The van der Waals surface area contributed by atoms with Crippen LogP contribution < -0.4 is 5.73 Å². The third-order valence-corrected chi connectivity index (χ3v) is 7.09. The molecule has 1 aromatic heterocycles. The molecule has 5 nitrogen and oxygen atoms in total. The number of ketones is 1. The van der Waals surface area contributed by atoms with E-state index in [2.05, 4.69) is 30.3 Å². The van der Waals surface area contributed by atoms with Crippen molar-refractivity contribution in [3.05, 3.63) is 71.4 Å². The normalized spacial score (nSPS) is 21.1. The zero-order chi connectivity index (χ0) is 22.8. The Labute approximate surface area is 195 Å². The minimum Gasteiger partial charge on any atom is -0.328 e. The number of carbonyl (C=O) groups excluding carboxylic acids is 1. The van der Waals surface area contributed by atoms with Crippen LogP contribution in [0.15, 0.2) is 54.6 Å². The minimum atomic E-state index is -0.0224. The fourth-order valence-corrected chi connectivity index (χ4v) is 4.90. The Morgan fingerprint density at radius 1 is 0.939 bits per heavy atom. The number of hydrogen-bond acceptors (Lipinski definition) is 4. The third kappa shape index (κ3) is 4.77. The Kier molecular flexibility index (Phi) is 6.11. The van der Waals surface area contributed by atoms with Gasteiger partial charge in [0.25, 0.3) is 0 Å². The lowest BCUT2D eigenvalue weighted by molar-refractivity contribution is 0.0891. The van der Waals surface area contributed by atoms with Gasteiger partial charge in [0, 0.05) is 17.5 Å². The van der Waals surface area contributed by atoms with Crippen LogP contribution in [-0.2, 0) is 0 Å². The Hall–Kier alpha value is -3.23. The smallest absolute Gasteiger partial charge is 0.186 e. The summed E-state index contributed by atoms with van der Waals surface area (Å²) in [7, 11) is 0. The Bertz CT molecular complexity index is 1170. The van der Waals surface area contributed by atoms with E-state index in [0.29, 0.717) is 17.2 Å². The first-order valence-electron chi connectivity index (χ1n) is 12.1. The quantitative estimate of drug-likeness (QED) is 0.513. The van der Waals surface area contributed by atoms with Crippen molar-refractivity contribution in [3.63, 3.8) is 0 Å². The number of nitriles is 1. The number of carbonyl (C=O) groups is 1. The molecule has 2 N–H and O–H groups in total. The summed E-state index contributed by atoms with van der Waals surface area (Å²) in [5.41, 5.74) is 11.5. The predicted molar refractivity (Wildman–Crippen MR) is 129 cm³/mol. The molecule has 2 aliphatic carbocycles. The summed E-state index contributed by atoms with van der Waals surface area (Å²) in [5, 5.41) is 13.9. The van der Waals surface area contributed by atoms with Gasteiger partial charge in [0.05, 0.1) is 23.0 Å². The number of aromatic nitrogens is 2. The largest absolute Gasteiger partial charge is 0.328 e. The highest BCUT2D eigenvalue weighted by Gasteiger charge is 2.27. The van der Waals surface area contributed by atoms with Gasteiger partial charge in [-0.25, -0.2) is 4.68 Å². The van der Waals surface area contributed by atoms with E-state index < -0.39 is 0 Å². The van der Waals surface area contributed by atoms with Gasteiger partial charge >= 0.3 is 0 Å². The van der Waals surface area contributed by atoms with E-state index in [4.69, 9.17) is 16.1 Å². The van der Waals surface area contributed by atoms with Crippen LogP contribution in [0.2, 0.25) is 0 Å². The fourth-order valence-electron chi connectivity index (χ4n) is 4.90. The Morgan fingerprint density at radius 2 is 1.67 bits per heavy atom. The van der Waals surface area contributed by atoms with Gasteiger partial charge in [-0.05, 0) is 80.3 Å². The van der Waals surface area contributed by atoms with Gasteiger partial charge in [-0.3, -0.25) is 4.79 Å². The van der Waals surface area contributed by atoms with E-state index in [9.17, 15) is 4.79 Å². The molecule has 33 heavy (non-hydrogen) atoms. The molecular formula is C28H30N4O. The lowest BCUT2D eigenvalue weighted by atomic mass is 9.85. The highest BCUT2D eigenvalue weighted by atomic mass is 16.1. The summed E-state index contributed by atoms with van der Waals surface area (Å²) < 4.78 is 1.84. The molecule has 5 heteroatoms. The number of rotatable bonds is 5. The zero-order valence-corrected chi connectivity index (χ0v) is 18.9. The van der Waals surface area contributed by atoms with Crippen molar-refractivity contribution in [2.45, 2.75) is 63.3 Å². The molecule has 2 aliphatic rings. The Morgan fingerprint density at radius 3 is 2.36 bits per heavy atom. The van der Waals surface area contributed by atoms with E-state index in [1.54, 1.807) is 12.1 Å². The number of nitrogens with zero attached hydrogens (tertiary/aromatic N) is 3. The molecule has 0 amide bonds. The second-order valence-electron chi connectivity index (χ2n) is 9.56. The standard InChI is InChI=1S/C28H30N4O/c29-18-19-5-15-25(16-6-19)32-27(22-11-9-21(10-12-22)20-7-8-20)17-26(31-32)28(33)23-3-1-2-4-24(30)14-13-23/h5-6,9-12,15-17,20,23-24H,1-4,7-8,13-14,30H2. The number of Topliss-reactive ketones (excluding diaryl/α,β-unsaturated/α-hetero) is 1. The molecule has 2 unspecified atom stereocenters. The second-order valence-corrected chi connectivity index (χ2v) is 9.56. The van der Waals surface area contributed by atoms with Crippen LogP contribution in [0.25, 0.3) is 16.9 Å². The summed E-state index contributed by atoms with van der Waals surface area (Å²) >= 11 is 0. The topological polar surface area (TPSA) is 84.7 Å². The maximum Gasteiger partial charge on any atom is 0.186 e. The van der Waals surface area contributed by atoms with Crippen molar-refractivity contribution in [1.82, 2.24) is 9.78 Å². The van der Waals surface area contributed by atoms with Gasteiger partial charge < -0.3 is 5.73 Å². The minimum absolute atomic E-state index is 0.0224. The lowest BCUT2D eigenvalue weighted by Gasteiger charge is -2.21. The number of benzene rings is 2. The van der Waals surface area contributed by atoms with Crippen molar-refractivity contribution in [1.29, 1.82) is 5.26 Å². The number of hydrogen-bond donors (Lipinski definition) is 1. The molecule has 2 saturated carbocycles. The summed E-state index contributed by atoms with van der Waals surface area (Å²) in [4.78, 5) is 13.5. The molecule has 0 aliphatic heterocycles. The lowest BCUT2D eigenvalue weighted by Crippen LogP contribution is -2.25. The van der Waals surface area contributed by atoms with Gasteiger partial charge in [-0.2, -0.15) is 10.4 Å². The Balaban J connectivity index is 1.50. The van der Waals surface area contributed by atoms with Gasteiger partial charge in [0.15, 0.2) is 5.78 Å². The first kappa shape index (κ1) is 21.6. The van der Waals surface area contributed by atoms with E-state index >= 15 is 0 Å². The highest BCUT2D eigenvalue weighted by molar-refractivity contribution is 5.97. The molecule has 3 aromatic rings. The molecule has 2 aromatic carbocycles. The third-order valence-electron chi connectivity index (χ3n) is 7.09. The first-order chi connectivity index (χ1) is 16.1. The monoisotopic (exact) mass is 438 g/mol. The zero-order valence-electron chi connectivity index (χ0n) is 18.9. The van der Waals surface area contributed by atoms with E-state index in [-0.39, 0.29) is 17.7 Å². The average Bonchev–Trinajstić information content (AvgIpc) is 3.60. The molecule has 0 saturated heterocycles. The maximum atomic E-state index is 13.5. The van der Waals surface area contributed by atoms with Crippen LogP contribution in [0.3, 0.4) is 0 Å². The molecule has 5 rings (SSSR count). The summed E-state index contributed by atoms with van der Waals surface area (Å²) in [6.45, 7) is 0. The van der Waals surface area contributed by atoms with Crippen molar-refractivity contribution in [2.75, 3.05) is 0 Å². The van der Waals surface area contributed by atoms with Crippen LogP contribution in [-0.4, -0.2) is 21.6 Å². The summed E-state index contributed by atoms with van der Waals surface area (Å²) in [5.74, 6) is 0.795. The van der Waals surface area contributed by atoms with Crippen LogP contribution in [0.1, 0.15) is 78.9 Å². The molecule has 0 radical (unpaired) electrons. The molecule has 2 atom stereocenters. The number of nitrogens with two attached hydrogens (primary N) is 1. The van der Waals surface area contributed by atoms with E-state index in [1.807, 2.05) is 22.9 Å². The van der Waals surface area contributed by atoms with Crippen molar-refractivity contribution >= 4 is 5.78 Å². The van der Waals surface area contributed by atoms with Crippen LogP contribution in [0.4, 0.5) is 0 Å². The van der Waals surface area contributed by atoms with Crippen molar-refractivity contribution in [3.8, 4) is 23.0 Å². The van der Waals surface area contributed by atoms with Crippen LogP contribution in [0.5, 0.6) is 0 Å². The van der Waals surface area contributed by atoms with Crippen LogP contribution >= 0.6 is 0 Å². The first-order valence-corrected chi connectivity index (χ1v) is 12.1. The molecular weight excluding hydrogens is 408 g/mol. The maximum absolute atomic E-state index is 13.5. The van der Waals surface area contributed by atoms with Gasteiger partial charge in [0.2, 0.25) is 0 Å². The van der Waals surface area contributed by atoms with Crippen molar-refractivity contribution < 1.29 is 4.79 Å². The summed E-state index contributed by atoms with van der Waals surface area (Å²) in [6, 6.07) is 20.3. The molecule has 168 valence electrons. The fraction of sp³-hybridized carbons (Fsp3) is 0.393. The van der Waals surface area contributed by atoms with E-state index in [1.165, 1.54) is 18.4 Å².